The molecule has 0 unspecified atom stereocenters. The fourth-order valence-corrected chi connectivity index (χ4v) is 6.15. The van der Waals surface area contributed by atoms with Crippen LogP contribution in [-0.4, -0.2) is 60.9 Å². The molecule has 210 valence electrons. The molecule has 2 saturated heterocycles. The average Bonchev–Trinajstić information content (AvgIpc) is 3.02. The summed E-state index contributed by atoms with van der Waals surface area (Å²) in [6, 6.07) is 23.5. The van der Waals surface area contributed by atoms with Crippen molar-refractivity contribution in [2.45, 2.75) is 57.5 Å². The van der Waals surface area contributed by atoms with Gasteiger partial charge in [-0.3, -0.25) is 14.4 Å². The summed E-state index contributed by atoms with van der Waals surface area (Å²) >= 11 is 0. The van der Waals surface area contributed by atoms with Gasteiger partial charge in [0.25, 0.3) is 0 Å². The highest BCUT2D eigenvalue weighted by Gasteiger charge is 2.34. The molecule has 0 bridgehead atoms. The maximum absolute atomic E-state index is 14.0. The van der Waals surface area contributed by atoms with Gasteiger partial charge < -0.3 is 20.4 Å². The zero-order valence-corrected chi connectivity index (χ0v) is 23.4. The van der Waals surface area contributed by atoms with E-state index in [4.69, 9.17) is 0 Å². The summed E-state index contributed by atoms with van der Waals surface area (Å²) in [4.78, 5) is 44.0. The number of rotatable bonds is 8. The van der Waals surface area contributed by atoms with Gasteiger partial charge in [0, 0.05) is 43.6 Å². The van der Waals surface area contributed by atoms with Gasteiger partial charge in [0.1, 0.15) is 6.04 Å². The first-order chi connectivity index (χ1) is 19.5. The number of piperidine rings is 2. The van der Waals surface area contributed by atoms with Crippen LogP contribution < -0.4 is 15.5 Å². The lowest BCUT2D eigenvalue weighted by molar-refractivity contribution is -0.138. The van der Waals surface area contributed by atoms with Crippen LogP contribution in [0, 0.1) is 5.92 Å². The highest BCUT2D eigenvalue weighted by atomic mass is 16.2. The molecule has 0 radical (unpaired) electrons. The van der Waals surface area contributed by atoms with E-state index < -0.39 is 6.04 Å². The van der Waals surface area contributed by atoms with Gasteiger partial charge in [-0.15, -0.1) is 0 Å². The van der Waals surface area contributed by atoms with E-state index in [0.717, 1.165) is 48.0 Å². The Bertz CT molecular complexity index is 1310. The molecule has 1 atom stereocenters. The van der Waals surface area contributed by atoms with Crippen molar-refractivity contribution < 1.29 is 14.4 Å². The zero-order valence-electron chi connectivity index (χ0n) is 23.4. The highest BCUT2D eigenvalue weighted by molar-refractivity contribution is 5.94. The van der Waals surface area contributed by atoms with Gasteiger partial charge >= 0.3 is 0 Å². The number of anilines is 1. The lowest BCUT2D eigenvalue weighted by Crippen LogP contribution is -2.55. The minimum Gasteiger partial charge on any atom is -0.344 e. The Balaban J connectivity index is 1.33. The van der Waals surface area contributed by atoms with Gasteiger partial charge in [-0.2, -0.15) is 0 Å². The molecule has 0 saturated carbocycles. The number of carbonyl (C=O) groups excluding carboxylic acids is 3. The van der Waals surface area contributed by atoms with Crippen LogP contribution in [0.1, 0.15) is 44.6 Å². The van der Waals surface area contributed by atoms with E-state index in [1.165, 1.54) is 0 Å². The van der Waals surface area contributed by atoms with Crippen LogP contribution in [-0.2, 0) is 20.8 Å². The van der Waals surface area contributed by atoms with Crippen molar-refractivity contribution in [2.24, 2.45) is 5.92 Å². The Hall–Kier alpha value is -3.71. The van der Waals surface area contributed by atoms with E-state index in [-0.39, 0.29) is 29.7 Å². The molecule has 5 rings (SSSR count). The van der Waals surface area contributed by atoms with Crippen LogP contribution in [0.15, 0.2) is 72.8 Å². The minimum absolute atomic E-state index is 0.0289. The molecule has 2 aliphatic rings. The van der Waals surface area contributed by atoms with Crippen LogP contribution in [0.5, 0.6) is 0 Å². The van der Waals surface area contributed by atoms with Gasteiger partial charge in [0.05, 0.1) is 0 Å². The second-order valence-corrected chi connectivity index (χ2v) is 10.9. The summed E-state index contributed by atoms with van der Waals surface area (Å²) in [5.41, 5.74) is 1.96. The number of hydrogen-bond acceptors (Lipinski definition) is 4. The van der Waals surface area contributed by atoms with Crippen LogP contribution in [0.3, 0.4) is 0 Å². The molecule has 0 aliphatic carbocycles. The quantitative estimate of drug-likeness (QED) is 0.447. The first-order valence-corrected chi connectivity index (χ1v) is 14.7. The Morgan fingerprint density at radius 3 is 2.30 bits per heavy atom. The summed E-state index contributed by atoms with van der Waals surface area (Å²) < 4.78 is 0. The number of fused-ring (bicyclic) bond motifs is 1. The summed E-state index contributed by atoms with van der Waals surface area (Å²) in [6.07, 6.45) is 3.86. The van der Waals surface area contributed by atoms with Crippen molar-refractivity contribution in [1.82, 2.24) is 15.5 Å². The third-order valence-electron chi connectivity index (χ3n) is 8.38. The second-order valence-electron chi connectivity index (χ2n) is 10.9. The minimum atomic E-state index is -0.632. The molecule has 2 fully saturated rings. The SMILES string of the molecule is CCC(=O)N(c1ccccc1)C1CCN(C(=O)[C@@H](Cc2cccc3ccccc23)NC(=O)C2CCNCC2)CC1. The normalized spacial score (nSPS) is 17.4. The van der Waals surface area contributed by atoms with Crippen LogP contribution in [0.25, 0.3) is 10.8 Å². The number of nitrogens with zero attached hydrogens (tertiary/aromatic N) is 2. The van der Waals surface area contributed by atoms with Crippen molar-refractivity contribution in [1.29, 1.82) is 0 Å². The number of likely N-dealkylation sites (tertiary alicyclic amines) is 1. The van der Waals surface area contributed by atoms with E-state index in [0.29, 0.717) is 38.8 Å². The molecule has 3 amide bonds. The summed E-state index contributed by atoms with van der Waals surface area (Å²) in [5, 5.41) is 8.70. The first-order valence-electron chi connectivity index (χ1n) is 14.7. The van der Waals surface area contributed by atoms with E-state index >= 15 is 0 Å². The first kappa shape index (κ1) is 27.8. The van der Waals surface area contributed by atoms with Crippen molar-refractivity contribution >= 4 is 34.2 Å². The van der Waals surface area contributed by atoms with Gasteiger partial charge in [-0.05, 0) is 67.2 Å². The largest absolute Gasteiger partial charge is 0.344 e. The van der Waals surface area contributed by atoms with Crippen LogP contribution in [0.4, 0.5) is 5.69 Å². The maximum Gasteiger partial charge on any atom is 0.245 e. The van der Waals surface area contributed by atoms with Crippen molar-refractivity contribution in [3.05, 3.63) is 78.4 Å². The second kappa shape index (κ2) is 13.1. The Labute approximate surface area is 236 Å². The summed E-state index contributed by atoms with van der Waals surface area (Å²) in [5.74, 6) is -0.0474. The average molecular weight is 541 g/mol. The van der Waals surface area contributed by atoms with E-state index in [1.807, 2.05) is 65.3 Å². The molecular weight excluding hydrogens is 500 g/mol. The molecule has 2 N–H and O–H groups in total. The summed E-state index contributed by atoms with van der Waals surface area (Å²) in [6.45, 7) is 4.64. The fraction of sp³-hybridized carbons (Fsp3) is 0.424. The Morgan fingerprint density at radius 2 is 1.57 bits per heavy atom. The smallest absolute Gasteiger partial charge is 0.245 e. The van der Waals surface area contributed by atoms with E-state index in [9.17, 15) is 14.4 Å². The lowest BCUT2D eigenvalue weighted by Gasteiger charge is -2.39. The Morgan fingerprint density at radius 1 is 0.900 bits per heavy atom. The third-order valence-corrected chi connectivity index (χ3v) is 8.38. The number of carbonyl (C=O) groups is 3. The van der Waals surface area contributed by atoms with Gasteiger partial charge in [0.2, 0.25) is 17.7 Å². The molecule has 3 aromatic carbocycles. The third kappa shape index (κ3) is 6.36. The topological polar surface area (TPSA) is 81.8 Å². The van der Waals surface area contributed by atoms with Crippen molar-refractivity contribution in [2.75, 3.05) is 31.1 Å². The lowest BCUT2D eigenvalue weighted by atomic mass is 9.94. The number of para-hydroxylation sites is 1. The number of hydrogen-bond donors (Lipinski definition) is 2. The van der Waals surface area contributed by atoms with Crippen LogP contribution in [0.2, 0.25) is 0 Å². The van der Waals surface area contributed by atoms with Gasteiger partial charge in [0.15, 0.2) is 0 Å². The van der Waals surface area contributed by atoms with E-state index in [1.54, 1.807) is 0 Å². The maximum atomic E-state index is 14.0. The predicted molar refractivity (Wildman–Crippen MR) is 159 cm³/mol. The van der Waals surface area contributed by atoms with E-state index in [2.05, 4.69) is 34.9 Å². The predicted octanol–water partition coefficient (Wildman–Crippen LogP) is 4.30. The molecule has 3 aromatic rings. The molecule has 2 heterocycles. The standard InChI is InChI=1S/C33H40N4O3/c1-2-31(38)37(27-12-4-3-5-13-27)28-17-21-36(22-18-28)33(40)30(35-32(39)25-15-19-34-20-16-25)23-26-11-8-10-24-9-6-7-14-29(24)26/h3-14,25,28,30,34H,2,15-23H2,1H3,(H,35,39)/t30-/m1/s1. The van der Waals surface area contributed by atoms with Gasteiger partial charge in [-0.25, -0.2) is 0 Å². The monoisotopic (exact) mass is 540 g/mol. The van der Waals surface area contributed by atoms with Gasteiger partial charge in [-0.1, -0.05) is 67.6 Å². The summed E-state index contributed by atoms with van der Waals surface area (Å²) in [7, 11) is 0. The van der Waals surface area contributed by atoms with Crippen molar-refractivity contribution in [3.8, 4) is 0 Å². The molecule has 0 aromatic heterocycles. The highest BCUT2D eigenvalue weighted by Crippen LogP contribution is 2.26. The Kier molecular flexibility index (Phi) is 9.12. The zero-order chi connectivity index (χ0) is 27.9. The molecule has 0 spiro atoms. The van der Waals surface area contributed by atoms with Crippen molar-refractivity contribution in [3.63, 3.8) is 0 Å². The van der Waals surface area contributed by atoms with Crippen LogP contribution >= 0.6 is 0 Å². The molecule has 7 nitrogen and oxygen atoms in total. The molecule has 40 heavy (non-hydrogen) atoms. The number of amides is 3. The fourth-order valence-electron chi connectivity index (χ4n) is 6.15. The molecular formula is C33H40N4O3. The molecule has 2 aliphatic heterocycles. The molecule has 7 heteroatoms. The number of nitrogens with one attached hydrogen (secondary N) is 2. The number of benzene rings is 3.